The summed E-state index contributed by atoms with van der Waals surface area (Å²) >= 11 is 0. The van der Waals surface area contributed by atoms with Gasteiger partial charge in [0.25, 0.3) is 5.56 Å². The molecule has 2 heterocycles. The smallest absolute Gasteiger partial charge is 0.261 e. The van der Waals surface area contributed by atoms with Gasteiger partial charge >= 0.3 is 0 Å². The zero-order valence-electron chi connectivity index (χ0n) is 12.1. The number of rotatable bonds is 2. The summed E-state index contributed by atoms with van der Waals surface area (Å²) in [6, 6.07) is 18.5. The van der Waals surface area contributed by atoms with E-state index in [1.807, 2.05) is 48.5 Å². The highest BCUT2D eigenvalue weighted by Crippen LogP contribution is 2.32. The molecule has 0 fully saturated rings. The Morgan fingerprint density at radius 3 is 2.30 bits per heavy atom. The van der Waals surface area contributed by atoms with Crippen LogP contribution in [0.1, 0.15) is 0 Å². The monoisotopic (exact) mass is 303 g/mol. The Balaban J connectivity index is 2.00. The van der Waals surface area contributed by atoms with E-state index in [2.05, 4.69) is 10.1 Å². The van der Waals surface area contributed by atoms with Gasteiger partial charge in [-0.05, 0) is 17.7 Å². The molecule has 0 bridgehead atoms. The molecule has 5 nitrogen and oxygen atoms in total. The van der Waals surface area contributed by atoms with Gasteiger partial charge < -0.3 is 10.1 Å². The molecule has 0 saturated carbocycles. The van der Waals surface area contributed by atoms with Gasteiger partial charge in [-0.2, -0.15) is 5.10 Å². The number of nitrogens with one attached hydrogen (secondary N) is 1. The number of nitrogens with zero attached hydrogens (tertiary/aromatic N) is 2. The highest BCUT2D eigenvalue weighted by Gasteiger charge is 2.17. The third kappa shape index (κ3) is 2.10. The molecule has 0 amide bonds. The summed E-state index contributed by atoms with van der Waals surface area (Å²) in [5.74, 6) is -0.0582. The van der Waals surface area contributed by atoms with Crippen LogP contribution in [0.25, 0.3) is 27.8 Å². The highest BCUT2D eigenvalue weighted by atomic mass is 16.3. The molecule has 0 spiro atoms. The Bertz CT molecular complexity index is 1030. The molecule has 0 radical (unpaired) electrons. The first-order valence-corrected chi connectivity index (χ1v) is 7.19. The molecular weight excluding hydrogens is 290 g/mol. The average molecular weight is 303 g/mol. The Labute approximate surface area is 131 Å². The van der Waals surface area contributed by atoms with Crippen molar-refractivity contribution in [1.82, 2.24) is 14.8 Å². The first kappa shape index (κ1) is 13.3. The molecule has 0 aliphatic rings. The maximum Gasteiger partial charge on any atom is 0.261 e. The number of aromatic nitrogens is 3. The number of benzene rings is 2. The standard InChI is InChI=1S/C18H13N3O2/c22-16-14-11-19-21(13-9-5-2-6-10-13)17(14)20-18(23)15(16)12-7-3-1-4-8-12/h1-11H,(H2,20,22,23). The van der Waals surface area contributed by atoms with Crippen LogP contribution in [0.4, 0.5) is 0 Å². The van der Waals surface area contributed by atoms with Gasteiger partial charge in [0.15, 0.2) is 0 Å². The fourth-order valence-corrected chi connectivity index (χ4v) is 2.69. The number of pyridine rings is 1. The maximum absolute atomic E-state index is 12.5. The Hall–Kier alpha value is -3.34. The van der Waals surface area contributed by atoms with Crippen LogP contribution in [0.3, 0.4) is 0 Å². The number of aromatic amines is 1. The van der Waals surface area contributed by atoms with Gasteiger partial charge in [0, 0.05) is 0 Å². The molecule has 4 aromatic rings. The van der Waals surface area contributed by atoms with Crippen LogP contribution in [0.15, 0.2) is 71.7 Å². The zero-order valence-corrected chi connectivity index (χ0v) is 12.1. The second-order valence-electron chi connectivity index (χ2n) is 5.20. The number of fused-ring (bicyclic) bond motifs is 1. The van der Waals surface area contributed by atoms with Gasteiger partial charge in [-0.1, -0.05) is 48.5 Å². The van der Waals surface area contributed by atoms with E-state index in [1.165, 1.54) is 0 Å². The fraction of sp³-hybridized carbons (Fsp3) is 0. The lowest BCUT2D eigenvalue weighted by atomic mass is 10.1. The van der Waals surface area contributed by atoms with Gasteiger partial charge in [0.1, 0.15) is 11.4 Å². The number of hydrogen-bond acceptors (Lipinski definition) is 3. The predicted octanol–water partition coefficient (Wildman–Crippen LogP) is 3.09. The summed E-state index contributed by atoms with van der Waals surface area (Å²) in [4.78, 5) is 15.3. The lowest BCUT2D eigenvalue weighted by Gasteiger charge is -2.07. The van der Waals surface area contributed by atoms with E-state index in [9.17, 15) is 9.90 Å². The molecule has 2 aromatic carbocycles. The van der Waals surface area contributed by atoms with E-state index >= 15 is 0 Å². The molecule has 112 valence electrons. The molecule has 0 aliphatic heterocycles. The number of hydrogen-bond donors (Lipinski definition) is 2. The van der Waals surface area contributed by atoms with Crippen LogP contribution in [0.2, 0.25) is 0 Å². The Morgan fingerprint density at radius 1 is 0.957 bits per heavy atom. The third-order valence-electron chi connectivity index (χ3n) is 3.78. The van der Waals surface area contributed by atoms with E-state index in [-0.39, 0.29) is 16.9 Å². The van der Waals surface area contributed by atoms with Crippen LogP contribution in [0, 0.1) is 0 Å². The predicted molar refractivity (Wildman–Crippen MR) is 88.8 cm³/mol. The lowest BCUT2D eigenvalue weighted by Crippen LogP contribution is -2.11. The quantitative estimate of drug-likeness (QED) is 0.598. The van der Waals surface area contributed by atoms with E-state index < -0.39 is 0 Å². The highest BCUT2D eigenvalue weighted by molar-refractivity contribution is 5.90. The molecule has 2 N–H and O–H groups in total. The Kier molecular flexibility index (Phi) is 2.98. The van der Waals surface area contributed by atoms with Crippen molar-refractivity contribution in [3.63, 3.8) is 0 Å². The lowest BCUT2D eigenvalue weighted by molar-refractivity contribution is 0.482. The summed E-state index contributed by atoms with van der Waals surface area (Å²) in [6.45, 7) is 0. The molecular formula is C18H13N3O2. The minimum atomic E-state index is -0.348. The zero-order chi connectivity index (χ0) is 15.8. The summed E-state index contributed by atoms with van der Waals surface area (Å²) in [5, 5.41) is 15.4. The van der Waals surface area contributed by atoms with Crippen molar-refractivity contribution in [3.8, 4) is 22.6 Å². The third-order valence-corrected chi connectivity index (χ3v) is 3.78. The van der Waals surface area contributed by atoms with Gasteiger partial charge in [0.05, 0.1) is 22.8 Å². The van der Waals surface area contributed by atoms with Crippen molar-refractivity contribution < 1.29 is 5.11 Å². The fourth-order valence-electron chi connectivity index (χ4n) is 2.69. The first-order chi connectivity index (χ1) is 11.3. The van der Waals surface area contributed by atoms with Crippen LogP contribution < -0.4 is 5.56 Å². The van der Waals surface area contributed by atoms with Crippen molar-refractivity contribution in [2.45, 2.75) is 0 Å². The van der Waals surface area contributed by atoms with Gasteiger partial charge in [-0.3, -0.25) is 4.79 Å². The van der Waals surface area contributed by atoms with Gasteiger partial charge in [0.2, 0.25) is 0 Å². The molecule has 23 heavy (non-hydrogen) atoms. The molecule has 2 aromatic heterocycles. The second kappa shape index (κ2) is 5.14. The van der Waals surface area contributed by atoms with Gasteiger partial charge in [-0.25, -0.2) is 4.68 Å². The van der Waals surface area contributed by atoms with E-state index in [4.69, 9.17) is 0 Å². The van der Waals surface area contributed by atoms with Crippen molar-refractivity contribution in [2.24, 2.45) is 0 Å². The van der Waals surface area contributed by atoms with Crippen LogP contribution in [0.5, 0.6) is 5.75 Å². The molecule has 0 saturated heterocycles. The van der Waals surface area contributed by atoms with Crippen molar-refractivity contribution in [2.75, 3.05) is 0 Å². The molecule has 5 heteroatoms. The van der Waals surface area contributed by atoms with Crippen molar-refractivity contribution in [1.29, 1.82) is 0 Å². The number of para-hydroxylation sites is 1. The SMILES string of the molecule is O=c1[nH]c2c(cnn2-c2ccccc2)c(O)c1-c1ccccc1. The van der Waals surface area contributed by atoms with E-state index in [1.54, 1.807) is 23.0 Å². The van der Waals surface area contributed by atoms with Crippen LogP contribution in [-0.2, 0) is 0 Å². The van der Waals surface area contributed by atoms with Crippen LogP contribution >= 0.6 is 0 Å². The summed E-state index contributed by atoms with van der Waals surface area (Å²) in [5.41, 5.74) is 1.86. The molecule has 0 aliphatic carbocycles. The summed E-state index contributed by atoms with van der Waals surface area (Å²) in [6.07, 6.45) is 1.56. The van der Waals surface area contributed by atoms with Gasteiger partial charge in [-0.15, -0.1) is 0 Å². The maximum atomic E-state index is 12.5. The topological polar surface area (TPSA) is 70.9 Å². The molecule has 0 atom stereocenters. The summed E-state index contributed by atoms with van der Waals surface area (Å²) in [7, 11) is 0. The minimum absolute atomic E-state index is 0.0582. The normalized spacial score (nSPS) is 11.0. The first-order valence-electron chi connectivity index (χ1n) is 7.19. The Morgan fingerprint density at radius 2 is 1.61 bits per heavy atom. The second-order valence-corrected chi connectivity index (χ2v) is 5.20. The van der Waals surface area contributed by atoms with E-state index in [0.29, 0.717) is 16.6 Å². The van der Waals surface area contributed by atoms with E-state index in [0.717, 1.165) is 5.69 Å². The molecule has 4 rings (SSSR count). The van der Waals surface area contributed by atoms with Crippen molar-refractivity contribution in [3.05, 3.63) is 77.2 Å². The number of aromatic hydroxyl groups is 1. The largest absolute Gasteiger partial charge is 0.506 e. The number of H-pyrrole nitrogens is 1. The summed E-state index contributed by atoms with van der Waals surface area (Å²) < 4.78 is 1.60. The van der Waals surface area contributed by atoms with Crippen LogP contribution in [-0.4, -0.2) is 19.9 Å². The minimum Gasteiger partial charge on any atom is -0.506 e. The van der Waals surface area contributed by atoms with Crippen molar-refractivity contribution >= 4 is 11.0 Å². The average Bonchev–Trinajstić information content (AvgIpc) is 3.00. The molecule has 0 unspecified atom stereocenters.